The van der Waals surface area contributed by atoms with Crippen molar-refractivity contribution in [3.05, 3.63) is 0 Å². The van der Waals surface area contributed by atoms with E-state index in [2.05, 4.69) is 13.3 Å². The van der Waals surface area contributed by atoms with E-state index >= 15 is 0 Å². The molecule has 0 saturated carbocycles. The van der Waals surface area contributed by atoms with E-state index in [1.54, 1.807) is 7.11 Å². The summed E-state index contributed by atoms with van der Waals surface area (Å²) in [5.41, 5.74) is 0. The fraction of sp³-hybridized carbons (Fsp3) is 0.950. The number of carbonyl (C=O) groups excluding carboxylic acids is 1. The third-order valence-corrected chi connectivity index (χ3v) is 6.50. The van der Waals surface area contributed by atoms with Gasteiger partial charge < -0.3 is 38.3 Å². The molecule has 0 aliphatic heterocycles. The molecule has 0 amide bonds. The van der Waals surface area contributed by atoms with Gasteiger partial charge in [-0.3, -0.25) is 0 Å². The van der Waals surface area contributed by atoms with Crippen molar-refractivity contribution in [2.45, 2.75) is 20.3 Å². The first-order valence-corrected chi connectivity index (χ1v) is 13.3. The molecular formula is C20H43O8P. The molecule has 0 fully saturated rings. The van der Waals surface area contributed by atoms with E-state index in [4.69, 9.17) is 28.4 Å². The zero-order chi connectivity index (χ0) is 22.2. The second-order valence-electron chi connectivity index (χ2n) is 6.73. The summed E-state index contributed by atoms with van der Waals surface area (Å²) in [5.74, 6) is -1.10. The molecule has 0 radical (unpaired) electrons. The summed E-state index contributed by atoms with van der Waals surface area (Å²) in [5, 5.41) is 10.0. The van der Waals surface area contributed by atoms with Gasteiger partial charge in [-0.25, -0.2) is 0 Å². The van der Waals surface area contributed by atoms with Gasteiger partial charge in [0.05, 0.1) is 71.8 Å². The molecule has 0 rings (SSSR count). The van der Waals surface area contributed by atoms with E-state index < -0.39 is 13.2 Å². The van der Waals surface area contributed by atoms with Gasteiger partial charge in [-0.05, 0) is 13.8 Å². The van der Waals surface area contributed by atoms with Gasteiger partial charge in [-0.2, -0.15) is 0 Å². The van der Waals surface area contributed by atoms with Crippen LogP contribution in [-0.2, 0) is 33.2 Å². The Bertz CT molecular complexity index is 330. The topological polar surface area (TPSA) is 95.5 Å². The lowest BCUT2D eigenvalue weighted by Crippen LogP contribution is -2.24. The Hall–Kier alpha value is -0.340. The van der Waals surface area contributed by atoms with Gasteiger partial charge in [0.1, 0.15) is 0 Å². The molecule has 0 unspecified atom stereocenters. The molecule has 0 aromatic heterocycles. The fourth-order valence-corrected chi connectivity index (χ4v) is 3.33. The Morgan fingerprint density at radius 1 is 0.690 bits per heavy atom. The van der Waals surface area contributed by atoms with Crippen molar-refractivity contribution >= 4 is 13.2 Å². The van der Waals surface area contributed by atoms with Crippen LogP contribution in [0.5, 0.6) is 0 Å². The van der Waals surface area contributed by atoms with Gasteiger partial charge >= 0.3 is 0 Å². The van der Waals surface area contributed by atoms with Gasteiger partial charge in [-0.15, -0.1) is 0 Å². The van der Waals surface area contributed by atoms with Crippen LogP contribution >= 0.6 is 7.26 Å². The van der Waals surface area contributed by atoms with Crippen LogP contribution in [0.1, 0.15) is 20.3 Å². The van der Waals surface area contributed by atoms with Crippen LogP contribution < -0.4 is 5.11 Å². The Labute approximate surface area is 177 Å². The molecule has 0 heterocycles. The highest BCUT2D eigenvalue weighted by Crippen LogP contribution is 2.50. The second-order valence-corrected chi connectivity index (χ2v) is 11.5. The van der Waals surface area contributed by atoms with Gasteiger partial charge in [0.25, 0.3) is 0 Å². The van der Waals surface area contributed by atoms with E-state index in [9.17, 15) is 9.90 Å². The van der Waals surface area contributed by atoms with Gasteiger partial charge in [0.2, 0.25) is 0 Å². The number of carbonyl (C=O) groups is 1. The van der Waals surface area contributed by atoms with Crippen LogP contribution in [0.3, 0.4) is 0 Å². The maximum Gasteiger partial charge on any atom is 0.0823 e. The van der Waals surface area contributed by atoms with Crippen molar-refractivity contribution in [1.29, 1.82) is 0 Å². The lowest BCUT2D eigenvalue weighted by Gasteiger charge is -2.17. The summed E-state index contributed by atoms with van der Waals surface area (Å²) in [6.07, 6.45) is 2.38. The number of carboxylic acid groups (broad SMARTS) is 1. The molecule has 176 valence electrons. The van der Waals surface area contributed by atoms with E-state index in [-0.39, 0.29) is 13.0 Å². The molecule has 29 heavy (non-hydrogen) atoms. The van der Waals surface area contributed by atoms with E-state index in [0.29, 0.717) is 39.6 Å². The molecule has 0 aromatic carbocycles. The summed E-state index contributed by atoms with van der Waals surface area (Å²) < 4.78 is 30.8. The predicted molar refractivity (Wildman–Crippen MR) is 115 cm³/mol. The van der Waals surface area contributed by atoms with Crippen LogP contribution in [0.4, 0.5) is 0 Å². The second kappa shape index (κ2) is 23.9. The maximum absolute atomic E-state index is 10.0. The molecule has 0 aliphatic carbocycles. The highest BCUT2D eigenvalue weighted by molar-refractivity contribution is 7.74. The number of rotatable bonds is 20. The average Bonchev–Trinajstić information content (AvgIpc) is 2.66. The van der Waals surface area contributed by atoms with Gasteiger partial charge in [0.15, 0.2) is 0 Å². The average molecular weight is 443 g/mol. The minimum absolute atomic E-state index is 0.0832. The Kier molecular flexibility index (Phi) is 25.5. The smallest absolute Gasteiger partial charge is 0.0823 e. The number of hydrogen-bond donors (Lipinski definition) is 0. The first-order valence-electron chi connectivity index (χ1n) is 10.3. The van der Waals surface area contributed by atoms with Crippen LogP contribution in [0, 0.1) is 0 Å². The molecule has 0 bridgehead atoms. The number of methoxy groups -OCH3 is 1. The van der Waals surface area contributed by atoms with Crippen molar-refractivity contribution < 1.29 is 38.3 Å². The first kappa shape index (κ1) is 30.9. The minimum atomic E-state index is -1.10. The van der Waals surface area contributed by atoms with Crippen molar-refractivity contribution in [1.82, 2.24) is 0 Å². The SMILES string of the molecule is CCOCC[P+](C)(C)CCOCC.COCCOCCOCCOCCC(=O)[O-]. The zero-order valence-electron chi connectivity index (χ0n) is 19.1. The summed E-state index contributed by atoms with van der Waals surface area (Å²) in [6, 6.07) is 0. The van der Waals surface area contributed by atoms with E-state index in [1.807, 2.05) is 13.8 Å². The molecule has 0 aromatic rings. The quantitative estimate of drug-likeness (QED) is 0.205. The van der Waals surface area contributed by atoms with E-state index in [0.717, 1.165) is 26.4 Å². The lowest BCUT2D eigenvalue weighted by atomic mass is 10.5. The van der Waals surface area contributed by atoms with Gasteiger partial charge in [-0.1, -0.05) is 0 Å². The normalized spacial score (nSPS) is 11.2. The van der Waals surface area contributed by atoms with E-state index in [1.165, 1.54) is 12.3 Å². The van der Waals surface area contributed by atoms with Crippen molar-refractivity contribution in [2.75, 3.05) is 105 Å². The van der Waals surface area contributed by atoms with Crippen LogP contribution in [0.15, 0.2) is 0 Å². The molecule has 0 atom stereocenters. The lowest BCUT2D eigenvalue weighted by molar-refractivity contribution is -0.306. The molecule has 0 spiro atoms. The molecule has 0 aliphatic rings. The predicted octanol–water partition coefficient (Wildman–Crippen LogP) is 1.16. The van der Waals surface area contributed by atoms with Crippen LogP contribution in [0.2, 0.25) is 0 Å². The first-order chi connectivity index (χ1) is 13.9. The fourth-order valence-electron chi connectivity index (χ4n) is 1.86. The summed E-state index contributed by atoms with van der Waals surface area (Å²) in [7, 11) is 0.863. The summed E-state index contributed by atoms with van der Waals surface area (Å²) in [6.45, 7) is 15.5. The number of aliphatic carboxylic acids is 1. The molecule has 0 N–H and O–H groups in total. The van der Waals surface area contributed by atoms with Crippen LogP contribution in [0.25, 0.3) is 0 Å². The Morgan fingerprint density at radius 2 is 1.10 bits per heavy atom. The number of hydrogen-bond acceptors (Lipinski definition) is 8. The standard InChI is InChI=1S/C10H20O6.C10H24O2P/c1-13-4-5-15-8-9-16-7-6-14-3-2-10(11)12;1-5-11-7-9-13(3,4)10-8-12-6-2/h2-9H2,1H3,(H,11,12);5-10H2,1-4H3/q;+1/p-1. The highest BCUT2D eigenvalue weighted by atomic mass is 31.2. The van der Waals surface area contributed by atoms with Gasteiger partial charge in [0, 0.05) is 53.3 Å². The molecular weight excluding hydrogens is 399 g/mol. The summed E-state index contributed by atoms with van der Waals surface area (Å²) >= 11 is 0. The third-order valence-electron chi connectivity index (χ3n) is 3.72. The zero-order valence-corrected chi connectivity index (χ0v) is 20.0. The molecule has 8 nitrogen and oxygen atoms in total. The van der Waals surface area contributed by atoms with Crippen molar-refractivity contribution in [3.63, 3.8) is 0 Å². The minimum Gasteiger partial charge on any atom is -0.550 e. The Morgan fingerprint density at radius 3 is 1.48 bits per heavy atom. The van der Waals surface area contributed by atoms with Crippen molar-refractivity contribution in [2.24, 2.45) is 0 Å². The third kappa shape index (κ3) is 29.9. The highest BCUT2D eigenvalue weighted by Gasteiger charge is 2.23. The maximum atomic E-state index is 10.0. The Balaban J connectivity index is 0. The monoisotopic (exact) mass is 442 g/mol. The molecule has 0 saturated heterocycles. The largest absolute Gasteiger partial charge is 0.550 e. The van der Waals surface area contributed by atoms with Crippen LogP contribution in [-0.4, -0.2) is 111 Å². The number of carboxylic acids is 1. The number of ether oxygens (including phenoxy) is 6. The summed E-state index contributed by atoms with van der Waals surface area (Å²) in [4.78, 5) is 10.0. The van der Waals surface area contributed by atoms with Crippen molar-refractivity contribution in [3.8, 4) is 0 Å². The molecule has 9 heteroatoms.